The van der Waals surface area contributed by atoms with Crippen molar-refractivity contribution in [3.8, 4) is 10.6 Å². The fraction of sp³-hybridized carbons (Fsp3) is 0.211. The fourth-order valence-electron chi connectivity index (χ4n) is 3.10. The SMILES string of the molecule is O=CN1CCN(C(=O)c2cc(-c3cccs3)nc3ccccc23)CC1. The molecule has 1 aromatic carbocycles. The van der Waals surface area contributed by atoms with E-state index in [0.717, 1.165) is 27.9 Å². The Balaban J connectivity index is 1.75. The van der Waals surface area contributed by atoms with Crippen LogP contribution in [0.25, 0.3) is 21.5 Å². The Labute approximate surface area is 149 Å². The molecule has 0 N–H and O–H groups in total. The average Bonchev–Trinajstić information content (AvgIpc) is 3.21. The number of aromatic nitrogens is 1. The first-order valence-electron chi connectivity index (χ1n) is 8.18. The van der Waals surface area contributed by atoms with Gasteiger partial charge in [0.1, 0.15) is 0 Å². The average molecular weight is 351 g/mol. The molecule has 3 heterocycles. The number of piperazine rings is 1. The molecule has 0 aliphatic carbocycles. The quantitative estimate of drug-likeness (QED) is 0.682. The maximum absolute atomic E-state index is 13.1. The van der Waals surface area contributed by atoms with E-state index >= 15 is 0 Å². The van der Waals surface area contributed by atoms with E-state index in [9.17, 15) is 9.59 Å². The molecule has 0 unspecified atom stereocenters. The van der Waals surface area contributed by atoms with E-state index in [1.807, 2.05) is 52.7 Å². The van der Waals surface area contributed by atoms with E-state index in [4.69, 9.17) is 4.98 Å². The number of fused-ring (bicyclic) bond motifs is 1. The largest absolute Gasteiger partial charge is 0.342 e. The van der Waals surface area contributed by atoms with Crippen LogP contribution in [-0.4, -0.2) is 53.3 Å². The van der Waals surface area contributed by atoms with Crippen molar-refractivity contribution in [3.05, 3.63) is 53.4 Å². The predicted octanol–water partition coefficient (Wildman–Crippen LogP) is 2.88. The first kappa shape index (κ1) is 15.8. The van der Waals surface area contributed by atoms with Gasteiger partial charge in [0.05, 0.1) is 21.7 Å². The molecule has 0 spiro atoms. The number of pyridine rings is 1. The number of para-hydroxylation sites is 1. The van der Waals surface area contributed by atoms with E-state index < -0.39 is 0 Å². The molecule has 0 saturated carbocycles. The molecule has 25 heavy (non-hydrogen) atoms. The minimum atomic E-state index is 0.00181. The summed E-state index contributed by atoms with van der Waals surface area (Å²) >= 11 is 1.61. The Morgan fingerprint density at radius 1 is 1.08 bits per heavy atom. The van der Waals surface area contributed by atoms with Gasteiger partial charge in [0.25, 0.3) is 5.91 Å². The van der Waals surface area contributed by atoms with Gasteiger partial charge in [0, 0.05) is 31.6 Å². The number of thiophene rings is 1. The van der Waals surface area contributed by atoms with Gasteiger partial charge in [0.2, 0.25) is 6.41 Å². The third-order valence-corrected chi connectivity index (χ3v) is 5.36. The lowest BCUT2D eigenvalue weighted by Crippen LogP contribution is -2.48. The Kier molecular flexibility index (Phi) is 4.19. The monoisotopic (exact) mass is 351 g/mol. The first-order valence-corrected chi connectivity index (χ1v) is 9.06. The number of benzene rings is 1. The van der Waals surface area contributed by atoms with Gasteiger partial charge >= 0.3 is 0 Å². The van der Waals surface area contributed by atoms with Gasteiger partial charge in [-0.1, -0.05) is 24.3 Å². The summed E-state index contributed by atoms with van der Waals surface area (Å²) in [6.45, 7) is 2.27. The van der Waals surface area contributed by atoms with Gasteiger partial charge in [0.15, 0.2) is 0 Å². The molecule has 5 nitrogen and oxygen atoms in total. The van der Waals surface area contributed by atoms with Crippen molar-refractivity contribution in [1.82, 2.24) is 14.8 Å². The van der Waals surface area contributed by atoms with Crippen LogP contribution in [0, 0.1) is 0 Å². The molecule has 2 amide bonds. The van der Waals surface area contributed by atoms with Gasteiger partial charge in [-0.3, -0.25) is 9.59 Å². The highest BCUT2D eigenvalue weighted by Crippen LogP contribution is 2.28. The number of carbonyl (C=O) groups excluding carboxylic acids is 2. The molecule has 1 aliphatic heterocycles. The van der Waals surface area contributed by atoms with Crippen molar-refractivity contribution in [1.29, 1.82) is 0 Å². The Morgan fingerprint density at radius 3 is 2.60 bits per heavy atom. The molecule has 2 aromatic heterocycles. The topological polar surface area (TPSA) is 53.5 Å². The van der Waals surface area contributed by atoms with E-state index in [0.29, 0.717) is 31.7 Å². The highest BCUT2D eigenvalue weighted by Gasteiger charge is 2.23. The minimum absolute atomic E-state index is 0.00181. The molecule has 1 saturated heterocycles. The zero-order valence-corrected chi connectivity index (χ0v) is 14.4. The smallest absolute Gasteiger partial charge is 0.254 e. The van der Waals surface area contributed by atoms with Crippen LogP contribution >= 0.6 is 11.3 Å². The number of hydrogen-bond donors (Lipinski definition) is 0. The van der Waals surface area contributed by atoms with Crippen LogP contribution in [0.2, 0.25) is 0 Å². The highest BCUT2D eigenvalue weighted by molar-refractivity contribution is 7.13. The number of amides is 2. The normalized spacial score (nSPS) is 14.7. The van der Waals surface area contributed by atoms with Crippen LogP contribution < -0.4 is 0 Å². The molecule has 0 bridgehead atoms. The molecule has 6 heteroatoms. The van der Waals surface area contributed by atoms with E-state index in [1.54, 1.807) is 16.2 Å². The lowest BCUT2D eigenvalue weighted by molar-refractivity contribution is -0.119. The third kappa shape index (κ3) is 3.00. The van der Waals surface area contributed by atoms with Crippen LogP contribution in [0.15, 0.2) is 47.8 Å². The summed E-state index contributed by atoms with van der Waals surface area (Å²) in [6, 6.07) is 13.6. The molecule has 4 rings (SSSR count). The van der Waals surface area contributed by atoms with Gasteiger partial charge in [-0.15, -0.1) is 11.3 Å². The second-order valence-electron chi connectivity index (χ2n) is 5.98. The predicted molar refractivity (Wildman–Crippen MR) is 98.6 cm³/mol. The second-order valence-corrected chi connectivity index (χ2v) is 6.93. The van der Waals surface area contributed by atoms with Gasteiger partial charge < -0.3 is 9.80 Å². The van der Waals surface area contributed by atoms with E-state index in [-0.39, 0.29) is 5.91 Å². The lowest BCUT2D eigenvalue weighted by Gasteiger charge is -2.32. The number of nitrogens with zero attached hydrogens (tertiary/aromatic N) is 3. The Bertz CT molecular complexity index is 916. The molecule has 126 valence electrons. The molecule has 0 atom stereocenters. The van der Waals surface area contributed by atoms with Crippen LogP contribution in [0.4, 0.5) is 0 Å². The zero-order chi connectivity index (χ0) is 17.2. The molecular weight excluding hydrogens is 334 g/mol. The maximum atomic E-state index is 13.1. The summed E-state index contributed by atoms with van der Waals surface area (Å²) in [5.41, 5.74) is 2.32. The summed E-state index contributed by atoms with van der Waals surface area (Å²) in [5, 5.41) is 2.87. The maximum Gasteiger partial charge on any atom is 0.254 e. The van der Waals surface area contributed by atoms with Crippen molar-refractivity contribution < 1.29 is 9.59 Å². The molecular formula is C19H17N3O2S. The van der Waals surface area contributed by atoms with Crippen molar-refractivity contribution >= 4 is 34.6 Å². The third-order valence-electron chi connectivity index (χ3n) is 4.47. The molecule has 0 radical (unpaired) electrons. The van der Waals surface area contributed by atoms with Crippen molar-refractivity contribution in [2.45, 2.75) is 0 Å². The summed E-state index contributed by atoms with van der Waals surface area (Å²) in [6.07, 6.45) is 0.846. The van der Waals surface area contributed by atoms with Crippen LogP contribution in [-0.2, 0) is 4.79 Å². The molecule has 1 fully saturated rings. The van der Waals surface area contributed by atoms with Crippen LogP contribution in [0.1, 0.15) is 10.4 Å². The second kappa shape index (κ2) is 6.64. The molecule has 1 aliphatic rings. The minimum Gasteiger partial charge on any atom is -0.342 e. The highest BCUT2D eigenvalue weighted by atomic mass is 32.1. The van der Waals surface area contributed by atoms with Gasteiger partial charge in [-0.25, -0.2) is 4.98 Å². The van der Waals surface area contributed by atoms with Crippen LogP contribution in [0.3, 0.4) is 0 Å². The van der Waals surface area contributed by atoms with Crippen LogP contribution in [0.5, 0.6) is 0 Å². The van der Waals surface area contributed by atoms with E-state index in [2.05, 4.69) is 0 Å². The Morgan fingerprint density at radius 2 is 1.88 bits per heavy atom. The van der Waals surface area contributed by atoms with Crippen molar-refractivity contribution in [2.24, 2.45) is 0 Å². The summed E-state index contributed by atoms with van der Waals surface area (Å²) in [4.78, 5) is 33.3. The number of hydrogen-bond acceptors (Lipinski definition) is 4. The lowest BCUT2D eigenvalue weighted by atomic mass is 10.1. The summed E-state index contributed by atoms with van der Waals surface area (Å²) in [5.74, 6) is 0.00181. The van der Waals surface area contributed by atoms with Crippen molar-refractivity contribution in [3.63, 3.8) is 0 Å². The summed E-state index contributed by atoms with van der Waals surface area (Å²) in [7, 11) is 0. The van der Waals surface area contributed by atoms with Gasteiger partial charge in [-0.05, 0) is 23.6 Å². The first-order chi connectivity index (χ1) is 12.3. The number of rotatable bonds is 3. The zero-order valence-electron chi connectivity index (χ0n) is 13.6. The molecule has 3 aromatic rings. The Hall–Kier alpha value is -2.73. The van der Waals surface area contributed by atoms with E-state index in [1.165, 1.54) is 0 Å². The van der Waals surface area contributed by atoms with Crippen molar-refractivity contribution in [2.75, 3.05) is 26.2 Å². The fourth-order valence-corrected chi connectivity index (χ4v) is 3.79. The standard InChI is InChI=1S/C19H17N3O2S/c23-13-21-7-9-22(10-8-21)19(24)15-12-17(18-6-3-11-25-18)20-16-5-2-1-4-14(15)16/h1-6,11-13H,7-10H2. The van der Waals surface area contributed by atoms with Gasteiger partial charge in [-0.2, -0.15) is 0 Å². The number of carbonyl (C=O) groups is 2. The summed E-state index contributed by atoms with van der Waals surface area (Å²) < 4.78 is 0.